The fourth-order valence-corrected chi connectivity index (χ4v) is 2.94. The number of carbonyl (C=O) groups is 1. The van der Waals surface area contributed by atoms with Gasteiger partial charge in [0.15, 0.2) is 5.78 Å². The Morgan fingerprint density at radius 2 is 1.81 bits per heavy atom. The third-order valence-electron chi connectivity index (χ3n) is 4.17. The van der Waals surface area contributed by atoms with E-state index < -0.39 is 12.1 Å². The van der Waals surface area contributed by atoms with Crippen molar-refractivity contribution in [3.8, 4) is 5.75 Å². The lowest BCUT2D eigenvalue weighted by Gasteiger charge is -2.27. The number of carbonyl (C=O) groups excluding carboxylic acids is 1. The van der Waals surface area contributed by atoms with E-state index in [9.17, 15) is 18.0 Å². The molecule has 116 valence electrons. The highest BCUT2D eigenvalue weighted by atomic mass is 19.4. The van der Waals surface area contributed by atoms with Crippen LogP contribution in [0.4, 0.5) is 13.2 Å². The van der Waals surface area contributed by atoms with Crippen LogP contribution in [0.15, 0.2) is 24.3 Å². The highest BCUT2D eigenvalue weighted by Gasteiger charge is 2.34. The van der Waals surface area contributed by atoms with E-state index in [1.54, 1.807) is 6.07 Å². The first kappa shape index (κ1) is 15.9. The number of hydrogen-bond acceptors (Lipinski definition) is 2. The molecule has 0 spiro atoms. The lowest BCUT2D eigenvalue weighted by molar-refractivity contribution is -0.274. The molecule has 0 amide bonds. The fourth-order valence-electron chi connectivity index (χ4n) is 2.94. The second-order valence-electron chi connectivity index (χ2n) is 5.53. The number of ketones is 1. The normalized spacial score (nSPS) is 22.9. The van der Waals surface area contributed by atoms with Crippen LogP contribution in [0.25, 0.3) is 0 Å². The summed E-state index contributed by atoms with van der Waals surface area (Å²) >= 11 is 0. The molecule has 5 heteroatoms. The molecule has 0 N–H and O–H groups in total. The summed E-state index contributed by atoms with van der Waals surface area (Å²) in [6, 6.07) is 5.60. The Balaban J connectivity index is 2.13. The predicted octanol–water partition coefficient (Wildman–Crippen LogP) is 4.98. The Hall–Kier alpha value is -1.52. The molecule has 2 rings (SSSR count). The van der Waals surface area contributed by atoms with Gasteiger partial charge in [-0.2, -0.15) is 0 Å². The third-order valence-corrected chi connectivity index (χ3v) is 4.17. The minimum absolute atomic E-state index is 0.0368. The second kappa shape index (κ2) is 6.50. The quantitative estimate of drug-likeness (QED) is 0.733. The molecule has 0 bridgehead atoms. The van der Waals surface area contributed by atoms with Crippen molar-refractivity contribution in [1.29, 1.82) is 0 Å². The van der Waals surface area contributed by atoms with Crippen LogP contribution < -0.4 is 4.74 Å². The molecule has 1 saturated carbocycles. The van der Waals surface area contributed by atoms with Crippen LogP contribution in [-0.2, 0) is 0 Å². The number of rotatable bonds is 4. The van der Waals surface area contributed by atoms with Gasteiger partial charge in [-0.1, -0.05) is 25.5 Å². The smallest absolute Gasteiger partial charge is 0.405 e. The van der Waals surface area contributed by atoms with Gasteiger partial charge >= 0.3 is 6.36 Å². The van der Waals surface area contributed by atoms with E-state index in [-0.39, 0.29) is 17.3 Å². The topological polar surface area (TPSA) is 26.3 Å². The predicted molar refractivity (Wildman–Crippen MR) is 73.2 cm³/mol. The van der Waals surface area contributed by atoms with E-state index in [4.69, 9.17) is 0 Å². The summed E-state index contributed by atoms with van der Waals surface area (Å²) in [5.74, 6) is -0.182. The number of ether oxygens (including phenoxy) is 1. The highest BCUT2D eigenvalue weighted by molar-refractivity contribution is 6.00. The van der Waals surface area contributed by atoms with Gasteiger partial charge in [0.25, 0.3) is 0 Å². The first-order chi connectivity index (χ1) is 9.90. The molecular formula is C16H19F3O2. The summed E-state index contributed by atoms with van der Waals surface area (Å²) in [6.07, 6.45) is -0.259. The van der Waals surface area contributed by atoms with Crippen molar-refractivity contribution in [2.45, 2.75) is 45.4 Å². The summed E-state index contributed by atoms with van der Waals surface area (Å²) in [4.78, 5) is 12.5. The summed E-state index contributed by atoms with van der Waals surface area (Å²) in [5.41, 5.74) is 0.0368. The molecule has 2 nitrogen and oxygen atoms in total. The van der Waals surface area contributed by atoms with Crippen LogP contribution in [0, 0.1) is 11.8 Å². The molecule has 21 heavy (non-hydrogen) atoms. The van der Waals surface area contributed by atoms with Gasteiger partial charge in [0.2, 0.25) is 0 Å². The van der Waals surface area contributed by atoms with Crippen LogP contribution >= 0.6 is 0 Å². The Labute approximate surface area is 122 Å². The monoisotopic (exact) mass is 300 g/mol. The van der Waals surface area contributed by atoms with E-state index in [0.717, 1.165) is 32.1 Å². The Morgan fingerprint density at radius 1 is 1.19 bits per heavy atom. The molecule has 0 aromatic heterocycles. The summed E-state index contributed by atoms with van der Waals surface area (Å²) in [7, 11) is 0. The molecule has 1 aromatic rings. The van der Waals surface area contributed by atoms with Gasteiger partial charge < -0.3 is 4.74 Å². The highest BCUT2D eigenvalue weighted by Crippen LogP contribution is 2.35. The van der Waals surface area contributed by atoms with Crippen LogP contribution in [0.2, 0.25) is 0 Å². The molecule has 1 aromatic carbocycles. The number of benzene rings is 1. The van der Waals surface area contributed by atoms with Crippen molar-refractivity contribution >= 4 is 5.78 Å². The van der Waals surface area contributed by atoms with Crippen molar-refractivity contribution in [3.05, 3.63) is 29.8 Å². The number of para-hydroxylation sites is 1. The van der Waals surface area contributed by atoms with Crippen LogP contribution in [0.3, 0.4) is 0 Å². The SMILES string of the molecule is CCC1CCC(C(=O)c2ccccc2OC(F)(F)F)CC1. The molecule has 1 aliphatic rings. The number of hydrogen-bond donors (Lipinski definition) is 0. The lowest BCUT2D eigenvalue weighted by atomic mass is 9.77. The maximum absolute atomic E-state index is 12.5. The zero-order chi connectivity index (χ0) is 15.5. The van der Waals surface area contributed by atoms with Crippen LogP contribution in [0.1, 0.15) is 49.4 Å². The average Bonchev–Trinajstić information content (AvgIpc) is 2.45. The van der Waals surface area contributed by atoms with Gasteiger partial charge in [0, 0.05) is 5.92 Å². The van der Waals surface area contributed by atoms with Crippen molar-refractivity contribution in [2.24, 2.45) is 11.8 Å². The van der Waals surface area contributed by atoms with Gasteiger partial charge in [-0.25, -0.2) is 0 Å². The van der Waals surface area contributed by atoms with Crippen molar-refractivity contribution in [2.75, 3.05) is 0 Å². The summed E-state index contributed by atoms with van der Waals surface area (Å²) in [6.45, 7) is 2.12. The van der Waals surface area contributed by atoms with Crippen LogP contribution in [-0.4, -0.2) is 12.1 Å². The van der Waals surface area contributed by atoms with E-state index in [1.165, 1.54) is 18.2 Å². The van der Waals surface area contributed by atoms with Gasteiger partial charge in [-0.3, -0.25) is 4.79 Å². The molecular weight excluding hydrogens is 281 g/mol. The minimum atomic E-state index is -4.78. The molecule has 0 aliphatic heterocycles. The van der Waals surface area contributed by atoms with Gasteiger partial charge in [0.1, 0.15) is 5.75 Å². The summed E-state index contributed by atoms with van der Waals surface area (Å²) < 4.78 is 41.1. The largest absolute Gasteiger partial charge is 0.573 e. The minimum Gasteiger partial charge on any atom is -0.405 e. The van der Waals surface area contributed by atoms with E-state index in [0.29, 0.717) is 5.92 Å². The number of alkyl halides is 3. The van der Waals surface area contributed by atoms with Gasteiger partial charge in [-0.05, 0) is 43.7 Å². The maximum atomic E-state index is 12.5. The Morgan fingerprint density at radius 3 is 2.38 bits per heavy atom. The van der Waals surface area contributed by atoms with Gasteiger partial charge in [0.05, 0.1) is 5.56 Å². The van der Waals surface area contributed by atoms with Crippen LogP contribution in [0.5, 0.6) is 5.75 Å². The molecule has 1 fully saturated rings. The molecule has 0 heterocycles. The lowest BCUT2D eigenvalue weighted by Crippen LogP contribution is -2.24. The third kappa shape index (κ3) is 4.22. The number of Topliss-reactive ketones (excluding diaryl/α,β-unsaturated/α-hetero) is 1. The summed E-state index contributed by atoms with van der Waals surface area (Å²) in [5, 5.41) is 0. The standard InChI is InChI=1S/C16H19F3O2/c1-2-11-7-9-12(10-8-11)15(20)13-5-3-4-6-14(13)21-16(17,18)19/h3-6,11-12H,2,7-10H2,1H3. The number of halogens is 3. The zero-order valence-corrected chi connectivity index (χ0v) is 12.0. The Kier molecular flexibility index (Phi) is 4.91. The first-order valence-electron chi connectivity index (χ1n) is 7.29. The molecule has 0 atom stereocenters. The van der Waals surface area contributed by atoms with Crippen molar-refractivity contribution in [3.63, 3.8) is 0 Å². The second-order valence-corrected chi connectivity index (χ2v) is 5.53. The van der Waals surface area contributed by atoms with E-state index in [2.05, 4.69) is 11.7 Å². The fraction of sp³-hybridized carbons (Fsp3) is 0.562. The van der Waals surface area contributed by atoms with E-state index >= 15 is 0 Å². The van der Waals surface area contributed by atoms with Gasteiger partial charge in [-0.15, -0.1) is 13.2 Å². The van der Waals surface area contributed by atoms with E-state index in [1.807, 2.05) is 0 Å². The molecule has 0 saturated heterocycles. The molecule has 0 radical (unpaired) electrons. The Bertz CT molecular complexity index is 489. The maximum Gasteiger partial charge on any atom is 0.573 e. The zero-order valence-electron chi connectivity index (χ0n) is 12.0. The first-order valence-corrected chi connectivity index (χ1v) is 7.29. The van der Waals surface area contributed by atoms with Crippen molar-refractivity contribution in [1.82, 2.24) is 0 Å². The molecule has 0 unspecified atom stereocenters. The molecule has 1 aliphatic carbocycles. The average molecular weight is 300 g/mol. The van der Waals surface area contributed by atoms with Crippen molar-refractivity contribution < 1.29 is 22.7 Å².